The lowest BCUT2D eigenvalue weighted by atomic mass is 10.2. The van der Waals surface area contributed by atoms with Gasteiger partial charge in [0.2, 0.25) is 15.9 Å². The van der Waals surface area contributed by atoms with Crippen LogP contribution in [0.4, 0.5) is 4.39 Å². The number of hydrogen-bond donors (Lipinski definition) is 0. The van der Waals surface area contributed by atoms with Gasteiger partial charge in [-0.3, -0.25) is 4.79 Å². The second-order valence-corrected chi connectivity index (χ2v) is 9.41. The van der Waals surface area contributed by atoms with Crippen molar-refractivity contribution in [2.75, 3.05) is 40.8 Å². The van der Waals surface area contributed by atoms with Crippen molar-refractivity contribution in [2.24, 2.45) is 0 Å². The lowest BCUT2D eigenvalue weighted by molar-refractivity contribution is -0.132. The average molecular weight is 442 g/mol. The second-order valence-electron chi connectivity index (χ2n) is 6.92. The average Bonchev–Trinajstić information content (AvgIpc) is 2.66. The molecule has 0 aliphatic rings. The molecule has 29 heavy (non-hydrogen) atoms. The molecule has 0 unspecified atom stereocenters. The van der Waals surface area contributed by atoms with Gasteiger partial charge in [0.1, 0.15) is 5.82 Å². The van der Waals surface area contributed by atoms with Gasteiger partial charge in [0, 0.05) is 37.3 Å². The van der Waals surface area contributed by atoms with Crippen LogP contribution >= 0.6 is 11.6 Å². The van der Waals surface area contributed by atoms with Crippen LogP contribution < -0.4 is 0 Å². The van der Waals surface area contributed by atoms with E-state index in [0.717, 1.165) is 4.31 Å². The summed E-state index contributed by atoms with van der Waals surface area (Å²) in [6.07, 6.45) is 0. The third-order valence-electron chi connectivity index (χ3n) is 4.37. The zero-order chi connectivity index (χ0) is 21.6. The molecule has 0 aliphatic carbocycles. The molecule has 0 spiro atoms. The highest BCUT2D eigenvalue weighted by Gasteiger charge is 2.25. The molecule has 0 radical (unpaired) electrons. The monoisotopic (exact) mass is 441 g/mol. The Hall–Kier alpha value is -2.00. The van der Waals surface area contributed by atoms with Crippen LogP contribution in [0, 0.1) is 5.82 Å². The summed E-state index contributed by atoms with van der Waals surface area (Å²) in [5, 5.41) is 0.419. The summed E-state index contributed by atoms with van der Waals surface area (Å²) in [7, 11) is 1.22. The molecule has 158 valence electrons. The molecule has 2 rings (SSSR count). The van der Waals surface area contributed by atoms with E-state index in [1.807, 2.05) is 19.0 Å². The fourth-order valence-electron chi connectivity index (χ4n) is 2.61. The van der Waals surface area contributed by atoms with Crippen LogP contribution in [0.25, 0.3) is 0 Å². The summed E-state index contributed by atoms with van der Waals surface area (Å²) in [5.74, 6) is -0.813. The first-order valence-electron chi connectivity index (χ1n) is 8.99. The summed E-state index contributed by atoms with van der Waals surface area (Å²) in [6, 6.07) is 12.0. The molecule has 0 bridgehead atoms. The molecule has 0 saturated carbocycles. The topological polar surface area (TPSA) is 60.9 Å². The van der Waals surface area contributed by atoms with Crippen molar-refractivity contribution >= 4 is 27.5 Å². The number of halogens is 2. The predicted molar refractivity (Wildman–Crippen MR) is 112 cm³/mol. The number of rotatable bonds is 9. The number of nitrogens with zero attached hydrogens (tertiary/aromatic N) is 3. The SMILES string of the molecule is CN(C)CCN(Cc1ccccc1F)C(=O)CN(C)S(=O)(=O)c1ccc(Cl)cc1. The molecular weight excluding hydrogens is 417 g/mol. The van der Waals surface area contributed by atoms with Gasteiger partial charge < -0.3 is 9.80 Å². The Labute approximate surface area is 176 Å². The normalized spacial score (nSPS) is 11.8. The Bertz CT molecular complexity index is 936. The molecule has 0 N–H and O–H groups in total. The van der Waals surface area contributed by atoms with Gasteiger partial charge in [0.25, 0.3) is 0 Å². The Morgan fingerprint density at radius 1 is 1.00 bits per heavy atom. The molecule has 0 aromatic heterocycles. The van der Waals surface area contributed by atoms with E-state index in [9.17, 15) is 17.6 Å². The number of likely N-dealkylation sites (N-methyl/N-ethyl adjacent to an activating group) is 2. The van der Waals surface area contributed by atoms with E-state index in [2.05, 4.69) is 0 Å². The predicted octanol–water partition coefficient (Wildman–Crippen LogP) is 2.69. The van der Waals surface area contributed by atoms with Crippen LogP contribution in [-0.4, -0.2) is 69.2 Å². The van der Waals surface area contributed by atoms with Crippen molar-refractivity contribution in [3.05, 3.63) is 64.9 Å². The number of benzene rings is 2. The molecule has 2 aromatic carbocycles. The van der Waals surface area contributed by atoms with Gasteiger partial charge in [0.05, 0.1) is 11.4 Å². The van der Waals surface area contributed by atoms with Crippen molar-refractivity contribution in [1.29, 1.82) is 0 Å². The van der Waals surface area contributed by atoms with Crippen molar-refractivity contribution in [2.45, 2.75) is 11.4 Å². The minimum absolute atomic E-state index is 0.0474. The van der Waals surface area contributed by atoms with Crippen molar-refractivity contribution in [3.63, 3.8) is 0 Å². The smallest absolute Gasteiger partial charge is 0.243 e. The van der Waals surface area contributed by atoms with Gasteiger partial charge in [-0.1, -0.05) is 29.8 Å². The van der Waals surface area contributed by atoms with Crippen molar-refractivity contribution in [1.82, 2.24) is 14.1 Å². The Balaban J connectivity index is 2.17. The fourth-order valence-corrected chi connectivity index (χ4v) is 3.85. The molecule has 9 heteroatoms. The van der Waals surface area contributed by atoms with E-state index >= 15 is 0 Å². The van der Waals surface area contributed by atoms with Crippen LogP contribution in [0.2, 0.25) is 5.02 Å². The number of sulfonamides is 1. The summed E-state index contributed by atoms with van der Waals surface area (Å²) in [5.41, 5.74) is 0.378. The first-order valence-corrected chi connectivity index (χ1v) is 10.8. The van der Waals surface area contributed by atoms with E-state index in [0.29, 0.717) is 23.7 Å². The summed E-state index contributed by atoms with van der Waals surface area (Å²) >= 11 is 5.81. The first kappa shape index (κ1) is 23.3. The van der Waals surface area contributed by atoms with Gasteiger partial charge >= 0.3 is 0 Å². The number of hydrogen-bond acceptors (Lipinski definition) is 4. The van der Waals surface area contributed by atoms with E-state index in [1.54, 1.807) is 18.2 Å². The molecule has 0 fully saturated rings. The van der Waals surface area contributed by atoms with Crippen LogP contribution in [0.15, 0.2) is 53.4 Å². The highest BCUT2D eigenvalue weighted by molar-refractivity contribution is 7.89. The zero-order valence-corrected chi connectivity index (χ0v) is 18.3. The second kappa shape index (κ2) is 10.2. The van der Waals surface area contributed by atoms with Gasteiger partial charge in [-0.25, -0.2) is 12.8 Å². The van der Waals surface area contributed by atoms with Gasteiger partial charge in [0.15, 0.2) is 0 Å². The molecule has 6 nitrogen and oxygen atoms in total. The van der Waals surface area contributed by atoms with Crippen LogP contribution in [0.5, 0.6) is 0 Å². The molecule has 0 saturated heterocycles. The minimum atomic E-state index is -3.85. The fraction of sp³-hybridized carbons (Fsp3) is 0.350. The first-order chi connectivity index (χ1) is 13.6. The van der Waals surface area contributed by atoms with E-state index < -0.39 is 21.7 Å². The summed E-state index contributed by atoms with van der Waals surface area (Å²) in [4.78, 5) is 16.3. The van der Waals surface area contributed by atoms with Crippen LogP contribution in [-0.2, 0) is 21.4 Å². The maximum atomic E-state index is 14.1. The zero-order valence-electron chi connectivity index (χ0n) is 16.7. The number of carbonyl (C=O) groups excluding carboxylic acids is 1. The highest BCUT2D eigenvalue weighted by Crippen LogP contribution is 2.18. The third-order valence-corrected chi connectivity index (χ3v) is 6.44. The highest BCUT2D eigenvalue weighted by atomic mass is 35.5. The standard InChI is InChI=1S/C20H25ClFN3O3S/c1-23(2)12-13-25(14-16-6-4-5-7-19(16)22)20(26)15-24(3)29(27,28)18-10-8-17(21)9-11-18/h4-11H,12-15H2,1-3H3. The van der Waals surface area contributed by atoms with Gasteiger partial charge in [-0.2, -0.15) is 4.31 Å². The van der Waals surface area contributed by atoms with Crippen LogP contribution in [0.1, 0.15) is 5.56 Å². The number of amides is 1. The van der Waals surface area contributed by atoms with Gasteiger partial charge in [-0.15, -0.1) is 0 Å². The van der Waals surface area contributed by atoms with E-state index in [-0.39, 0.29) is 18.0 Å². The maximum Gasteiger partial charge on any atom is 0.243 e. The maximum absolute atomic E-state index is 14.1. The van der Waals surface area contributed by atoms with E-state index in [4.69, 9.17) is 11.6 Å². The van der Waals surface area contributed by atoms with Crippen LogP contribution in [0.3, 0.4) is 0 Å². The Kier molecular flexibility index (Phi) is 8.15. The van der Waals surface area contributed by atoms with Crippen molar-refractivity contribution in [3.8, 4) is 0 Å². The molecule has 0 aliphatic heterocycles. The summed E-state index contributed by atoms with van der Waals surface area (Å²) < 4.78 is 40.5. The minimum Gasteiger partial charge on any atom is -0.336 e. The third kappa shape index (κ3) is 6.50. The lowest BCUT2D eigenvalue weighted by Gasteiger charge is -2.27. The van der Waals surface area contributed by atoms with E-state index in [1.165, 1.54) is 42.3 Å². The van der Waals surface area contributed by atoms with Crippen molar-refractivity contribution < 1.29 is 17.6 Å². The quantitative estimate of drug-likeness (QED) is 0.600. The molecular formula is C20H25ClFN3O3S. The van der Waals surface area contributed by atoms with Gasteiger partial charge in [-0.05, 0) is 44.4 Å². The molecule has 0 atom stereocenters. The number of carbonyl (C=O) groups is 1. The lowest BCUT2D eigenvalue weighted by Crippen LogP contribution is -2.43. The Morgan fingerprint density at radius 3 is 2.21 bits per heavy atom. The molecule has 2 aromatic rings. The summed E-state index contributed by atoms with van der Waals surface area (Å²) in [6.45, 7) is 0.615. The largest absolute Gasteiger partial charge is 0.336 e. The molecule has 0 heterocycles. The Morgan fingerprint density at radius 2 is 1.62 bits per heavy atom. The molecule has 1 amide bonds.